The van der Waals surface area contributed by atoms with Gasteiger partial charge >= 0.3 is 0 Å². The first-order chi connectivity index (χ1) is 9.08. The van der Waals surface area contributed by atoms with Crippen LogP contribution < -0.4 is 5.32 Å². The molecule has 0 aliphatic heterocycles. The van der Waals surface area contributed by atoms with Gasteiger partial charge in [0.1, 0.15) is 0 Å². The lowest BCUT2D eigenvalue weighted by Gasteiger charge is -2.27. The molecule has 0 saturated heterocycles. The van der Waals surface area contributed by atoms with Crippen molar-refractivity contribution in [3.8, 4) is 0 Å². The Bertz CT molecular complexity index is 383. The van der Waals surface area contributed by atoms with Crippen LogP contribution in [0.15, 0.2) is 30.3 Å². The van der Waals surface area contributed by atoms with Crippen molar-refractivity contribution < 1.29 is 13.9 Å². The summed E-state index contributed by atoms with van der Waals surface area (Å²) in [5.74, 6) is -2.52. The summed E-state index contributed by atoms with van der Waals surface area (Å²) in [4.78, 5) is 0. The predicted molar refractivity (Wildman–Crippen MR) is 71.2 cm³/mol. The molecular formula is C15H21F2NO. The summed E-state index contributed by atoms with van der Waals surface area (Å²) in [6.07, 6.45) is 3.32. The van der Waals surface area contributed by atoms with Crippen molar-refractivity contribution in [3.63, 3.8) is 0 Å². The topological polar surface area (TPSA) is 32.3 Å². The molecule has 4 heteroatoms. The van der Waals surface area contributed by atoms with Crippen LogP contribution in [0.4, 0.5) is 8.78 Å². The van der Waals surface area contributed by atoms with Crippen LogP contribution in [0.1, 0.15) is 31.2 Å². The van der Waals surface area contributed by atoms with Crippen LogP contribution >= 0.6 is 0 Å². The van der Waals surface area contributed by atoms with E-state index in [1.807, 2.05) is 0 Å². The molecule has 2 unspecified atom stereocenters. The lowest BCUT2D eigenvalue weighted by molar-refractivity contribution is -0.00492. The highest BCUT2D eigenvalue weighted by Gasteiger charge is 2.31. The number of hydrogen-bond donors (Lipinski definition) is 2. The van der Waals surface area contributed by atoms with Gasteiger partial charge < -0.3 is 10.4 Å². The van der Waals surface area contributed by atoms with E-state index in [1.165, 1.54) is 12.1 Å². The van der Waals surface area contributed by atoms with Gasteiger partial charge in [0.2, 0.25) is 0 Å². The first-order valence-electron chi connectivity index (χ1n) is 6.90. The predicted octanol–water partition coefficient (Wildman–Crippen LogP) is 2.92. The van der Waals surface area contributed by atoms with Gasteiger partial charge in [-0.1, -0.05) is 36.8 Å². The minimum absolute atomic E-state index is 0.0474. The van der Waals surface area contributed by atoms with Crippen molar-refractivity contribution in [1.29, 1.82) is 0 Å². The van der Waals surface area contributed by atoms with E-state index in [2.05, 4.69) is 5.32 Å². The number of rotatable bonds is 5. The number of alkyl halides is 2. The Balaban J connectivity index is 1.78. The SMILES string of the molecule is OC1CCCC(CNCC(F)(F)c2ccccc2)C1. The summed E-state index contributed by atoms with van der Waals surface area (Å²) in [6.45, 7) is 0.211. The van der Waals surface area contributed by atoms with Gasteiger partial charge in [-0.2, -0.15) is 8.78 Å². The third-order valence-electron chi connectivity index (χ3n) is 3.73. The second-order valence-electron chi connectivity index (χ2n) is 5.39. The first-order valence-corrected chi connectivity index (χ1v) is 6.90. The number of hydrogen-bond acceptors (Lipinski definition) is 2. The molecule has 2 N–H and O–H groups in total. The zero-order valence-corrected chi connectivity index (χ0v) is 11.0. The molecule has 1 aliphatic rings. The zero-order valence-electron chi connectivity index (χ0n) is 11.0. The Morgan fingerprint density at radius 1 is 1.21 bits per heavy atom. The van der Waals surface area contributed by atoms with Crippen molar-refractivity contribution in [2.24, 2.45) is 5.92 Å². The molecule has 0 spiro atoms. The van der Waals surface area contributed by atoms with Crippen molar-refractivity contribution in [2.75, 3.05) is 13.1 Å². The largest absolute Gasteiger partial charge is 0.393 e. The van der Waals surface area contributed by atoms with Crippen LogP contribution in [0.2, 0.25) is 0 Å². The summed E-state index contributed by atoms with van der Waals surface area (Å²) in [5.41, 5.74) is 0.0474. The molecule has 106 valence electrons. The van der Waals surface area contributed by atoms with Crippen LogP contribution in [0.3, 0.4) is 0 Å². The van der Waals surface area contributed by atoms with Gasteiger partial charge in [-0.25, -0.2) is 0 Å². The van der Waals surface area contributed by atoms with E-state index in [4.69, 9.17) is 0 Å². The average molecular weight is 269 g/mol. The second kappa shape index (κ2) is 6.44. The standard InChI is InChI=1S/C15H21F2NO/c16-15(17,13-6-2-1-3-7-13)11-18-10-12-5-4-8-14(19)9-12/h1-3,6-7,12,14,18-19H,4-5,8-11H2. The van der Waals surface area contributed by atoms with Crippen LogP contribution in [0.25, 0.3) is 0 Å². The molecule has 0 aromatic heterocycles. The molecule has 1 aromatic rings. The van der Waals surface area contributed by atoms with E-state index in [-0.39, 0.29) is 18.2 Å². The van der Waals surface area contributed by atoms with Gasteiger partial charge in [-0.3, -0.25) is 0 Å². The lowest BCUT2D eigenvalue weighted by atomic mass is 9.87. The molecule has 1 aromatic carbocycles. The Kier molecular flexibility index (Phi) is 4.88. The van der Waals surface area contributed by atoms with Gasteiger partial charge in [-0.15, -0.1) is 0 Å². The van der Waals surface area contributed by atoms with Crippen molar-refractivity contribution in [2.45, 2.75) is 37.7 Å². The Labute approximate surface area is 112 Å². The molecule has 19 heavy (non-hydrogen) atoms. The van der Waals surface area contributed by atoms with Crippen molar-refractivity contribution in [1.82, 2.24) is 5.32 Å². The molecule has 2 rings (SSSR count). The van der Waals surface area contributed by atoms with Gasteiger partial charge in [-0.05, 0) is 31.7 Å². The van der Waals surface area contributed by atoms with Gasteiger partial charge in [0.25, 0.3) is 5.92 Å². The van der Waals surface area contributed by atoms with Crippen LogP contribution in [-0.2, 0) is 5.92 Å². The highest BCUT2D eigenvalue weighted by molar-refractivity contribution is 5.20. The quantitative estimate of drug-likeness (QED) is 0.861. The molecule has 2 atom stereocenters. The van der Waals surface area contributed by atoms with E-state index >= 15 is 0 Å². The fraction of sp³-hybridized carbons (Fsp3) is 0.600. The van der Waals surface area contributed by atoms with E-state index in [0.717, 1.165) is 25.7 Å². The summed E-state index contributed by atoms with van der Waals surface area (Å²) < 4.78 is 27.8. The van der Waals surface area contributed by atoms with Gasteiger partial charge in [0, 0.05) is 5.56 Å². The van der Waals surface area contributed by atoms with Gasteiger partial charge in [0.05, 0.1) is 12.6 Å². The molecule has 1 aliphatic carbocycles. The maximum absolute atomic E-state index is 13.9. The number of benzene rings is 1. The maximum atomic E-state index is 13.9. The maximum Gasteiger partial charge on any atom is 0.285 e. The monoisotopic (exact) mass is 269 g/mol. The minimum Gasteiger partial charge on any atom is -0.393 e. The fourth-order valence-corrected chi connectivity index (χ4v) is 2.67. The highest BCUT2D eigenvalue weighted by Crippen LogP contribution is 2.27. The molecule has 1 fully saturated rings. The Morgan fingerprint density at radius 3 is 2.63 bits per heavy atom. The number of aliphatic hydroxyl groups excluding tert-OH is 1. The summed E-state index contributed by atoms with van der Waals surface area (Å²) >= 11 is 0. The van der Waals surface area contributed by atoms with E-state index < -0.39 is 5.92 Å². The summed E-state index contributed by atoms with van der Waals surface area (Å²) in [5, 5.41) is 12.4. The summed E-state index contributed by atoms with van der Waals surface area (Å²) in [7, 11) is 0. The van der Waals surface area contributed by atoms with Crippen molar-refractivity contribution >= 4 is 0 Å². The third-order valence-corrected chi connectivity index (χ3v) is 3.73. The number of aliphatic hydroxyl groups is 1. The third kappa shape index (κ3) is 4.25. The van der Waals surface area contributed by atoms with Gasteiger partial charge in [0.15, 0.2) is 0 Å². The van der Waals surface area contributed by atoms with E-state index in [1.54, 1.807) is 18.2 Å². The highest BCUT2D eigenvalue weighted by atomic mass is 19.3. The zero-order chi connectivity index (χ0) is 13.7. The Morgan fingerprint density at radius 2 is 1.95 bits per heavy atom. The molecule has 2 nitrogen and oxygen atoms in total. The van der Waals surface area contributed by atoms with Crippen molar-refractivity contribution in [3.05, 3.63) is 35.9 Å². The smallest absolute Gasteiger partial charge is 0.285 e. The second-order valence-corrected chi connectivity index (χ2v) is 5.39. The molecule has 0 amide bonds. The molecule has 0 bridgehead atoms. The molecule has 0 radical (unpaired) electrons. The molecule has 0 heterocycles. The average Bonchev–Trinajstić information content (AvgIpc) is 2.40. The van der Waals surface area contributed by atoms with Crippen LogP contribution in [0, 0.1) is 5.92 Å². The van der Waals surface area contributed by atoms with E-state index in [9.17, 15) is 13.9 Å². The first kappa shape index (κ1) is 14.4. The number of nitrogens with one attached hydrogen (secondary N) is 1. The van der Waals surface area contributed by atoms with Crippen LogP contribution in [-0.4, -0.2) is 24.3 Å². The van der Waals surface area contributed by atoms with Crippen LogP contribution in [0.5, 0.6) is 0 Å². The number of halogens is 2. The lowest BCUT2D eigenvalue weighted by Crippen LogP contribution is -2.35. The Hall–Kier alpha value is -1.00. The van der Waals surface area contributed by atoms with E-state index in [0.29, 0.717) is 12.5 Å². The fourth-order valence-electron chi connectivity index (χ4n) is 2.67. The molecular weight excluding hydrogens is 248 g/mol. The minimum atomic E-state index is -2.84. The summed E-state index contributed by atoms with van der Waals surface area (Å²) in [6, 6.07) is 7.88. The normalized spacial score (nSPS) is 24.4. The molecule has 1 saturated carbocycles.